The third-order valence-electron chi connectivity index (χ3n) is 4.17. The van der Waals surface area contributed by atoms with E-state index in [1.165, 1.54) is 6.07 Å². The highest BCUT2D eigenvalue weighted by Crippen LogP contribution is 2.20. The zero-order chi connectivity index (χ0) is 20.8. The van der Waals surface area contributed by atoms with Crippen molar-refractivity contribution in [3.05, 3.63) is 77.2 Å². The van der Waals surface area contributed by atoms with Crippen molar-refractivity contribution >= 4 is 17.6 Å². The highest BCUT2D eigenvalue weighted by atomic mass is 16.5. The largest absolute Gasteiger partial charge is 0.494 e. The first-order valence-corrected chi connectivity index (χ1v) is 9.06. The average molecular weight is 395 g/mol. The summed E-state index contributed by atoms with van der Waals surface area (Å²) in [6, 6.07) is 15.3. The molecule has 29 heavy (non-hydrogen) atoms. The van der Waals surface area contributed by atoms with Crippen LogP contribution in [0.2, 0.25) is 0 Å². The number of carbonyl (C=O) groups is 2. The second-order valence-corrected chi connectivity index (χ2v) is 6.22. The minimum absolute atomic E-state index is 0.123. The second-order valence-electron chi connectivity index (χ2n) is 6.22. The lowest BCUT2D eigenvalue weighted by Gasteiger charge is -2.09. The summed E-state index contributed by atoms with van der Waals surface area (Å²) in [5, 5.41) is 11.8. The number of furan rings is 1. The summed E-state index contributed by atoms with van der Waals surface area (Å²) in [6.45, 7) is 4.34. The van der Waals surface area contributed by atoms with E-state index in [4.69, 9.17) is 19.0 Å². The van der Waals surface area contributed by atoms with Crippen LogP contribution in [0.25, 0.3) is 0 Å². The van der Waals surface area contributed by atoms with Crippen molar-refractivity contribution in [3.8, 4) is 11.5 Å². The maximum Gasteiger partial charge on any atom is 0.371 e. The van der Waals surface area contributed by atoms with Crippen molar-refractivity contribution in [2.75, 3.05) is 11.9 Å². The molecular weight excluding hydrogens is 374 g/mol. The summed E-state index contributed by atoms with van der Waals surface area (Å²) < 4.78 is 16.2. The molecule has 0 bridgehead atoms. The van der Waals surface area contributed by atoms with Crippen LogP contribution in [-0.2, 0) is 6.61 Å². The van der Waals surface area contributed by atoms with Crippen LogP contribution in [0.3, 0.4) is 0 Å². The Bertz CT molecular complexity index is 989. The summed E-state index contributed by atoms with van der Waals surface area (Å²) in [5.41, 5.74) is 1.81. The Kier molecular flexibility index (Phi) is 6.19. The molecule has 1 aromatic heterocycles. The molecule has 2 N–H and O–H groups in total. The number of aryl methyl sites for hydroxylation is 1. The van der Waals surface area contributed by atoms with Crippen molar-refractivity contribution in [1.29, 1.82) is 0 Å². The predicted octanol–water partition coefficient (Wildman–Crippen LogP) is 4.52. The van der Waals surface area contributed by atoms with Gasteiger partial charge in [-0.3, -0.25) is 4.79 Å². The third kappa shape index (κ3) is 5.16. The average Bonchev–Trinajstić information content (AvgIpc) is 3.09. The number of carboxylic acids is 1. The summed E-state index contributed by atoms with van der Waals surface area (Å²) in [5.74, 6) is 0.311. The van der Waals surface area contributed by atoms with Crippen molar-refractivity contribution in [3.63, 3.8) is 0 Å². The number of nitrogens with one attached hydrogen (secondary N) is 1. The van der Waals surface area contributed by atoms with Gasteiger partial charge in [-0.25, -0.2) is 4.79 Å². The van der Waals surface area contributed by atoms with Gasteiger partial charge in [-0.05, 0) is 68.4 Å². The van der Waals surface area contributed by atoms with Gasteiger partial charge in [0.1, 0.15) is 23.9 Å². The molecule has 2 aromatic carbocycles. The monoisotopic (exact) mass is 395 g/mol. The van der Waals surface area contributed by atoms with Crippen molar-refractivity contribution in [2.45, 2.75) is 20.5 Å². The number of carbonyl (C=O) groups excluding carboxylic acids is 1. The molecule has 0 unspecified atom stereocenters. The zero-order valence-electron chi connectivity index (χ0n) is 16.1. The molecule has 7 nitrogen and oxygen atoms in total. The third-order valence-corrected chi connectivity index (χ3v) is 4.17. The quantitative estimate of drug-likeness (QED) is 0.582. The molecule has 0 saturated carbocycles. The first kappa shape index (κ1) is 20.0. The van der Waals surface area contributed by atoms with Crippen LogP contribution in [0, 0.1) is 6.92 Å². The lowest BCUT2D eigenvalue weighted by Crippen LogP contribution is -2.11. The van der Waals surface area contributed by atoms with Gasteiger partial charge in [0.25, 0.3) is 5.91 Å². The normalized spacial score (nSPS) is 10.4. The van der Waals surface area contributed by atoms with Gasteiger partial charge in [-0.1, -0.05) is 0 Å². The topological polar surface area (TPSA) is 98.0 Å². The fraction of sp³-hybridized carbons (Fsp3) is 0.182. The summed E-state index contributed by atoms with van der Waals surface area (Å²) >= 11 is 0. The van der Waals surface area contributed by atoms with E-state index in [0.29, 0.717) is 34.9 Å². The molecule has 0 spiro atoms. The number of hydrogen-bond donors (Lipinski definition) is 2. The van der Waals surface area contributed by atoms with E-state index in [0.717, 1.165) is 5.75 Å². The minimum Gasteiger partial charge on any atom is -0.494 e. The van der Waals surface area contributed by atoms with Gasteiger partial charge in [0, 0.05) is 16.8 Å². The molecule has 1 heterocycles. The minimum atomic E-state index is -1.12. The maximum absolute atomic E-state index is 12.4. The molecule has 1 amide bonds. The number of rotatable bonds is 8. The lowest BCUT2D eigenvalue weighted by molar-refractivity contribution is 0.0660. The number of carboxylic acid groups (broad SMARTS) is 1. The van der Waals surface area contributed by atoms with Gasteiger partial charge in [0.15, 0.2) is 0 Å². The van der Waals surface area contributed by atoms with E-state index in [-0.39, 0.29) is 18.3 Å². The van der Waals surface area contributed by atoms with Crippen molar-refractivity contribution in [1.82, 2.24) is 0 Å². The van der Waals surface area contributed by atoms with Crippen LogP contribution in [0.15, 0.2) is 59.0 Å². The number of benzene rings is 2. The zero-order valence-corrected chi connectivity index (χ0v) is 16.1. The van der Waals surface area contributed by atoms with E-state index >= 15 is 0 Å². The van der Waals surface area contributed by atoms with E-state index in [9.17, 15) is 9.59 Å². The summed E-state index contributed by atoms with van der Waals surface area (Å²) in [4.78, 5) is 23.3. The molecule has 0 aliphatic carbocycles. The highest BCUT2D eigenvalue weighted by Gasteiger charge is 2.13. The van der Waals surface area contributed by atoms with Gasteiger partial charge < -0.3 is 24.3 Å². The van der Waals surface area contributed by atoms with Crippen molar-refractivity contribution in [2.24, 2.45) is 0 Å². The van der Waals surface area contributed by atoms with E-state index in [1.54, 1.807) is 55.5 Å². The first-order valence-electron chi connectivity index (χ1n) is 9.06. The number of aromatic carboxylic acids is 1. The SMILES string of the molecule is CCOc1ccc(NC(=O)c2ccc(OCc3cc(C(=O)O)oc3C)cc2)cc1. The Morgan fingerprint density at radius 2 is 1.62 bits per heavy atom. The summed E-state index contributed by atoms with van der Waals surface area (Å²) in [7, 11) is 0. The Labute approximate surface area is 167 Å². The smallest absolute Gasteiger partial charge is 0.371 e. The number of hydrogen-bond acceptors (Lipinski definition) is 5. The maximum atomic E-state index is 12.4. The van der Waals surface area contributed by atoms with Gasteiger partial charge in [0.05, 0.1) is 6.61 Å². The van der Waals surface area contributed by atoms with Crippen LogP contribution in [0.5, 0.6) is 11.5 Å². The second kappa shape index (κ2) is 8.97. The van der Waals surface area contributed by atoms with Gasteiger partial charge >= 0.3 is 5.97 Å². The van der Waals surface area contributed by atoms with Gasteiger partial charge in [-0.2, -0.15) is 0 Å². The Hall–Kier alpha value is -3.74. The van der Waals surface area contributed by atoms with E-state index in [1.807, 2.05) is 6.92 Å². The standard InChI is InChI=1S/C22H21NO6/c1-3-27-18-10-6-17(7-11-18)23-21(24)15-4-8-19(9-5-15)28-13-16-12-20(22(25)26)29-14(16)2/h4-12H,3,13H2,1-2H3,(H,23,24)(H,25,26). The molecule has 0 fully saturated rings. The van der Waals surface area contributed by atoms with Gasteiger partial charge in [0.2, 0.25) is 5.76 Å². The molecule has 7 heteroatoms. The highest BCUT2D eigenvalue weighted by molar-refractivity contribution is 6.04. The molecule has 0 aliphatic rings. The molecule has 0 atom stereocenters. The molecule has 0 saturated heterocycles. The lowest BCUT2D eigenvalue weighted by atomic mass is 10.2. The van der Waals surface area contributed by atoms with Crippen LogP contribution in [-0.4, -0.2) is 23.6 Å². The molecule has 0 radical (unpaired) electrons. The summed E-state index contributed by atoms with van der Waals surface area (Å²) in [6.07, 6.45) is 0. The predicted molar refractivity (Wildman–Crippen MR) is 107 cm³/mol. The van der Waals surface area contributed by atoms with E-state index in [2.05, 4.69) is 5.32 Å². The first-order chi connectivity index (χ1) is 14.0. The number of amides is 1. The van der Waals surface area contributed by atoms with Crippen LogP contribution in [0.1, 0.15) is 39.2 Å². The van der Waals surface area contributed by atoms with Gasteiger partial charge in [-0.15, -0.1) is 0 Å². The molecule has 3 rings (SSSR count). The van der Waals surface area contributed by atoms with E-state index < -0.39 is 5.97 Å². The van der Waals surface area contributed by atoms with Crippen LogP contribution >= 0.6 is 0 Å². The van der Waals surface area contributed by atoms with Crippen LogP contribution in [0.4, 0.5) is 5.69 Å². The number of ether oxygens (including phenoxy) is 2. The number of anilines is 1. The Morgan fingerprint density at radius 3 is 2.21 bits per heavy atom. The fourth-order valence-electron chi connectivity index (χ4n) is 2.64. The molecule has 3 aromatic rings. The molecular formula is C22H21NO6. The van der Waals surface area contributed by atoms with Crippen LogP contribution < -0.4 is 14.8 Å². The fourth-order valence-corrected chi connectivity index (χ4v) is 2.64. The molecule has 150 valence electrons. The van der Waals surface area contributed by atoms with Crippen molar-refractivity contribution < 1.29 is 28.6 Å². The Balaban J connectivity index is 1.57. The Morgan fingerprint density at radius 1 is 1.00 bits per heavy atom. The molecule has 0 aliphatic heterocycles.